The monoisotopic (exact) mass is 619 g/mol. The molecule has 7 N–H and O–H groups in total. The molecule has 0 saturated carbocycles. The molecular formula is C15H20BrN5O13P2. The van der Waals surface area contributed by atoms with Crippen molar-refractivity contribution in [2.24, 2.45) is 0 Å². The van der Waals surface area contributed by atoms with Crippen LogP contribution in [0.4, 0.5) is 0 Å². The van der Waals surface area contributed by atoms with Gasteiger partial charge in [0.15, 0.2) is 33.8 Å². The van der Waals surface area contributed by atoms with E-state index in [0.29, 0.717) is 0 Å². The van der Waals surface area contributed by atoms with E-state index in [4.69, 9.17) is 14.9 Å². The second-order valence-corrected chi connectivity index (χ2v) is 11.9. The number of aliphatic hydroxyl groups excluding tert-OH is 4. The first-order valence-electron chi connectivity index (χ1n) is 10.2. The zero-order chi connectivity index (χ0) is 26.2. The molecule has 2 fully saturated rings. The molecular weight excluding hydrogens is 600 g/mol. The summed E-state index contributed by atoms with van der Waals surface area (Å²) in [6, 6.07) is 0. The molecule has 200 valence electrons. The van der Waals surface area contributed by atoms with Crippen LogP contribution in [0.15, 0.2) is 11.1 Å². The Balaban J connectivity index is 1.61. The normalized spacial score (nSPS) is 43.8. The number of hydrogen-bond donors (Lipinski definition) is 7. The molecule has 6 rings (SSSR count). The minimum Gasteiger partial charge on any atom is -0.387 e. The number of phosphoric ester groups is 2. The Morgan fingerprint density at radius 1 is 0.944 bits per heavy atom. The lowest BCUT2D eigenvalue weighted by atomic mass is 10.1. The van der Waals surface area contributed by atoms with E-state index in [0.717, 1.165) is 10.9 Å². The Bertz CT molecular complexity index is 1340. The third kappa shape index (κ3) is 4.52. The van der Waals surface area contributed by atoms with Gasteiger partial charge in [0.05, 0.1) is 13.2 Å². The number of fused-ring (bicyclic) bond motifs is 7. The lowest BCUT2D eigenvalue weighted by Gasteiger charge is -2.21. The predicted molar refractivity (Wildman–Crippen MR) is 114 cm³/mol. The molecule has 0 aliphatic carbocycles. The Hall–Kier alpha value is -1.15. The van der Waals surface area contributed by atoms with Gasteiger partial charge in [-0.3, -0.25) is 23.6 Å². The van der Waals surface area contributed by atoms with E-state index in [1.807, 2.05) is 0 Å². The number of ether oxygens (including phenoxy) is 2. The topological polar surface area (TPSA) is 261 Å². The number of nitrogens with one attached hydrogen (secondary N) is 1. The van der Waals surface area contributed by atoms with Crippen LogP contribution >= 0.6 is 31.6 Å². The highest BCUT2D eigenvalue weighted by Gasteiger charge is 2.49. The maximum absolute atomic E-state index is 12.2. The van der Waals surface area contributed by atoms with Crippen molar-refractivity contribution < 1.29 is 62.2 Å². The lowest BCUT2D eigenvalue weighted by Crippen LogP contribution is -2.36. The van der Waals surface area contributed by atoms with E-state index in [9.17, 15) is 39.3 Å². The van der Waals surface area contributed by atoms with Crippen LogP contribution < -0.4 is 5.49 Å². The molecule has 0 amide bonds. The number of rotatable bonds is 0. The number of hydrogen-bond acceptors (Lipinski definition) is 14. The van der Waals surface area contributed by atoms with Gasteiger partial charge in [0.25, 0.3) is 0 Å². The van der Waals surface area contributed by atoms with Gasteiger partial charge in [0, 0.05) is 0 Å². The van der Waals surface area contributed by atoms with Crippen molar-refractivity contribution in [1.82, 2.24) is 19.1 Å². The lowest BCUT2D eigenvalue weighted by molar-refractivity contribution is -0.0567. The standard InChI is InChI=1S/C15H20BrN5O13P2/c16-15-19-6-11(17)20-3-18-12(6)21(15)14-10(25)8(23)5(33-14)2-31-36(28,29)34-35(26,27)30-1-4-7(22)9(24)13(20)32-4/h3-5,7-10,13-14,17,22-25H,1-2H2,(H,26,27)(H,28,29)/t4-,5?,7?,8?,9?,10?,13+,14?/m1/s1. The van der Waals surface area contributed by atoms with E-state index in [-0.39, 0.29) is 21.4 Å². The summed E-state index contributed by atoms with van der Waals surface area (Å²) < 4.78 is 51.3. The molecule has 4 aliphatic heterocycles. The van der Waals surface area contributed by atoms with Crippen molar-refractivity contribution in [2.75, 3.05) is 13.2 Å². The average molecular weight is 620 g/mol. The highest BCUT2D eigenvalue weighted by atomic mass is 79.9. The minimum absolute atomic E-state index is 0.0207. The summed E-state index contributed by atoms with van der Waals surface area (Å²) in [6.07, 6.45) is -11.1. The van der Waals surface area contributed by atoms with Crippen LogP contribution in [0.25, 0.3) is 11.2 Å². The molecule has 18 nitrogen and oxygen atoms in total. The van der Waals surface area contributed by atoms with Crippen molar-refractivity contribution in [3.05, 3.63) is 16.5 Å². The van der Waals surface area contributed by atoms with Gasteiger partial charge >= 0.3 is 15.6 Å². The van der Waals surface area contributed by atoms with Gasteiger partial charge in [0.2, 0.25) is 0 Å². The van der Waals surface area contributed by atoms with Crippen LogP contribution in [0, 0.1) is 5.41 Å². The van der Waals surface area contributed by atoms with E-state index in [1.54, 1.807) is 0 Å². The summed E-state index contributed by atoms with van der Waals surface area (Å²) >= 11 is 3.19. The van der Waals surface area contributed by atoms with Crippen LogP contribution in [0.1, 0.15) is 12.5 Å². The third-order valence-corrected chi connectivity index (χ3v) is 9.00. The molecule has 0 aromatic carbocycles. The SMILES string of the molecule is N=c1c2nc(Br)n3c2ncn1[C@H]1O[C@H](COP(=O)(O)OP(=O)(O)OCC2OC3C(O)C2O)C(O)C1O. The van der Waals surface area contributed by atoms with Crippen molar-refractivity contribution in [2.45, 2.75) is 49.1 Å². The highest BCUT2D eigenvalue weighted by molar-refractivity contribution is 9.10. The molecule has 0 spiro atoms. The average Bonchev–Trinajstić information content (AvgIpc) is 3.37. The summed E-state index contributed by atoms with van der Waals surface area (Å²) in [5.74, 6) is 0. The Labute approximate surface area is 208 Å². The minimum atomic E-state index is -5.27. The summed E-state index contributed by atoms with van der Waals surface area (Å²) in [7, 11) is -10.5. The van der Waals surface area contributed by atoms with E-state index < -0.39 is 77.9 Å². The molecule has 0 radical (unpaired) electrons. The molecule has 36 heavy (non-hydrogen) atoms. The molecule has 8 bridgehead atoms. The van der Waals surface area contributed by atoms with Gasteiger partial charge in [-0.2, -0.15) is 4.31 Å². The predicted octanol–water partition coefficient (Wildman–Crippen LogP) is -2.02. The van der Waals surface area contributed by atoms with E-state index in [2.05, 4.69) is 39.3 Å². The van der Waals surface area contributed by atoms with Crippen LogP contribution in [0.2, 0.25) is 0 Å². The third-order valence-electron chi connectivity index (χ3n) is 5.84. The van der Waals surface area contributed by atoms with Crippen molar-refractivity contribution >= 4 is 42.7 Å². The Morgan fingerprint density at radius 2 is 1.47 bits per heavy atom. The van der Waals surface area contributed by atoms with Crippen LogP contribution in [-0.2, 0) is 32.0 Å². The number of phosphoric acid groups is 2. The molecule has 8 unspecified atom stereocenters. The number of nitrogens with zero attached hydrogens (tertiary/aromatic N) is 4. The van der Waals surface area contributed by atoms with Crippen LogP contribution in [0.3, 0.4) is 0 Å². The van der Waals surface area contributed by atoms with Crippen molar-refractivity contribution in [3.63, 3.8) is 0 Å². The first-order chi connectivity index (χ1) is 16.8. The maximum Gasteiger partial charge on any atom is 0.481 e. The quantitative estimate of drug-likeness (QED) is 0.124. The van der Waals surface area contributed by atoms with Crippen molar-refractivity contribution in [3.8, 4) is 0 Å². The van der Waals surface area contributed by atoms with Gasteiger partial charge in [0.1, 0.15) is 43.0 Å². The summed E-state index contributed by atoms with van der Waals surface area (Å²) in [6.45, 7) is -1.73. The fraction of sp³-hybridized carbons (Fsp3) is 0.667. The second kappa shape index (κ2) is 9.25. The summed E-state index contributed by atoms with van der Waals surface area (Å²) in [4.78, 5) is 28.1. The molecule has 21 heteroatoms. The molecule has 6 heterocycles. The van der Waals surface area contributed by atoms with Gasteiger partial charge in [-0.05, 0) is 15.9 Å². The molecule has 10 atom stereocenters. The molecule has 2 aromatic heterocycles. The number of halogens is 1. The number of aliphatic hydroxyl groups is 4. The summed E-state index contributed by atoms with van der Waals surface area (Å²) in [5.41, 5.74) is -0.357. The van der Waals surface area contributed by atoms with Gasteiger partial charge in [-0.15, -0.1) is 0 Å². The number of aromatic nitrogens is 4. The van der Waals surface area contributed by atoms with Gasteiger partial charge in [-0.25, -0.2) is 19.1 Å². The number of imidazole rings is 1. The zero-order valence-corrected chi connectivity index (χ0v) is 21.1. The second-order valence-electron chi connectivity index (χ2n) is 8.13. The highest BCUT2D eigenvalue weighted by Crippen LogP contribution is 2.60. The maximum atomic E-state index is 12.2. The zero-order valence-electron chi connectivity index (χ0n) is 17.7. The first kappa shape index (κ1) is 26.5. The fourth-order valence-electron chi connectivity index (χ4n) is 4.08. The largest absolute Gasteiger partial charge is 0.481 e. The smallest absolute Gasteiger partial charge is 0.387 e. The fourth-order valence-corrected chi connectivity index (χ4v) is 6.72. The van der Waals surface area contributed by atoms with Crippen LogP contribution in [-0.4, -0.2) is 99.2 Å². The first-order valence-corrected chi connectivity index (χ1v) is 14.0. The molecule has 4 aliphatic rings. The molecule has 2 saturated heterocycles. The van der Waals surface area contributed by atoms with Crippen LogP contribution in [0.5, 0.6) is 0 Å². The Morgan fingerprint density at radius 3 is 2.06 bits per heavy atom. The molecule has 2 aromatic rings. The van der Waals surface area contributed by atoms with Crippen molar-refractivity contribution in [1.29, 1.82) is 5.41 Å². The van der Waals surface area contributed by atoms with E-state index in [1.165, 1.54) is 4.57 Å². The Kier molecular flexibility index (Phi) is 6.80. The van der Waals surface area contributed by atoms with Gasteiger partial charge < -0.3 is 39.7 Å². The van der Waals surface area contributed by atoms with E-state index >= 15 is 0 Å². The van der Waals surface area contributed by atoms with Gasteiger partial charge in [-0.1, -0.05) is 0 Å². The summed E-state index contributed by atoms with van der Waals surface area (Å²) in [5, 5.41) is 50.3.